The lowest BCUT2D eigenvalue weighted by Gasteiger charge is -2.36. The first-order chi connectivity index (χ1) is 13.7. The predicted octanol–water partition coefficient (Wildman–Crippen LogP) is 4.52. The predicted molar refractivity (Wildman–Crippen MR) is 115 cm³/mol. The molecule has 1 aliphatic heterocycles. The van der Waals surface area contributed by atoms with Gasteiger partial charge in [0, 0.05) is 50.1 Å². The summed E-state index contributed by atoms with van der Waals surface area (Å²) < 4.78 is 5.44. The van der Waals surface area contributed by atoms with Crippen LogP contribution in [0.4, 0.5) is 4.79 Å². The minimum atomic E-state index is -0.470. The number of thiazole rings is 1. The van der Waals surface area contributed by atoms with Crippen molar-refractivity contribution in [2.75, 3.05) is 26.7 Å². The normalized spacial score (nSPS) is 23.7. The molecular formula is C22H35N3O3S. The fourth-order valence-corrected chi connectivity index (χ4v) is 5.25. The Kier molecular flexibility index (Phi) is 7.19. The summed E-state index contributed by atoms with van der Waals surface area (Å²) in [6.45, 7) is 8.06. The second-order valence-corrected chi connectivity index (χ2v) is 10.5. The van der Waals surface area contributed by atoms with Crippen molar-refractivity contribution in [1.82, 2.24) is 14.8 Å². The summed E-state index contributed by atoms with van der Waals surface area (Å²) in [6, 6.07) is 0. The molecule has 7 heteroatoms. The van der Waals surface area contributed by atoms with Crippen molar-refractivity contribution in [2.24, 2.45) is 11.8 Å². The highest BCUT2D eigenvalue weighted by atomic mass is 32.1. The largest absolute Gasteiger partial charge is 0.444 e. The standard InChI is InChI=1S/C22H35N3O3S/c1-22(2,3)28-21(27)24(4)15-16-5-7-18(8-6-16)20(26)25-12-9-17(10-13-25)19-23-11-14-29-19/h11,14,16-18H,5-10,12-13,15H2,1-4H3. The van der Waals surface area contributed by atoms with Gasteiger partial charge in [0.1, 0.15) is 5.60 Å². The van der Waals surface area contributed by atoms with E-state index >= 15 is 0 Å². The summed E-state index contributed by atoms with van der Waals surface area (Å²) in [5.41, 5.74) is -0.470. The van der Waals surface area contributed by atoms with Crippen LogP contribution in [0.25, 0.3) is 0 Å². The van der Waals surface area contributed by atoms with Crippen LogP contribution in [-0.2, 0) is 9.53 Å². The number of piperidine rings is 1. The van der Waals surface area contributed by atoms with Crippen LogP contribution in [0.3, 0.4) is 0 Å². The molecule has 1 aromatic rings. The van der Waals surface area contributed by atoms with E-state index in [4.69, 9.17) is 4.74 Å². The van der Waals surface area contributed by atoms with Crippen LogP contribution in [0, 0.1) is 11.8 Å². The van der Waals surface area contributed by atoms with Crippen LogP contribution < -0.4 is 0 Å². The van der Waals surface area contributed by atoms with Crippen LogP contribution in [0.15, 0.2) is 11.6 Å². The van der Waals surface area contributed by atoms with E-state index in [-0.39, 0.29) is 12.0 Å². The number of carbonyl (C=O) groups excluding carboxylic acids is 2. The summed E-state index contributed by atoms with van der Waals surface area (Å²) >= 11 is 1.73. The minimum Gasteiger partial charge on any atom is -0.444 e. The van der Waals surface area contributed by atoms with Gasteiger partial charge in [-0.1, -0.05) is 0 Å². The fraction of sp³-hybridized carbons (Fsp3) is 0.773. The Morgan fingerprint density at radius 2 is 1.83 bits per heavy atom. The average Bonchev–Trinajstić information content (AvgIpc) is 3.21. The van der Waals surface area contributed by atoms with Gasteiger partial charge in [-0.25, -0.2) is 9.78 Å². The van der Waals surface area contributed by atoms with E-state index in [9.17, 15) is 9.59 Å². The zero-order chi connectivity index (χ0) is 21.0. The van der Waals surface area contributed by atoms with Crippen LogP contribution in [0.5, 0.6) is 0 Å². The van der Waals surface area contributed by atoms with Gasteiger partial charge in [0.25, 0.3) is 0 Å². The molecule has 1 saturated heterocycles. The van der Waals surface area contributed by atoms with Crippen molar-refractivity contribution in [3.8, 4) is 0 Å². The van der Waals surface area contributed by atoms with Gasteiger partial charge in [0.05, 0.1) is 5.01 Å². The lowest BCUT2D eigenvalue weighted by molar-refractivity contribution is -0.138. The average molecular weight is 422 g/mol. The molecule has 1 saturated carbocycles. The third-order valence-corrected chi connectivity index (χ3v) is 6.98. The number of amides is 2. The number of hydrogen-bond acceptors (Lipinski definition) is 5. The van der Waals surface area contributed by atoms with Gasteiger partial charge in [-0.2, -0.15) is 0 Å². The van der Waals surface area contributed by atoms with Crippen LogP contribution in [0.2, 0.25) is 0 Å². The molecular weight excluding hydrogens is 386 g/mol. The smallest absolute Gasteiger partial charge is 0.410 e. The van der Waals surface area contributed by atoms with Crippen molar-refractivity contribution in [3.63, 3.8) is 0 Å². The minimum absolute atomic E-state index is 0.148. The van der Waals surface area contributed by atoms with E-state index in [0.29, 0.717) is 24.3 Å². The molecule has 0 unspecified atom stereocenters. The zero-order valence-electron chi connectivity index (χ0n) is 18.2. The summed E-state index contributed by atoms with van der Waals surface area (Å²) in [4.78, 5) is 33.3. The lowest BCUT2D eigenvalue weighted by atomic mass is 9.80. The van der Waals surface area contributed by atoms with E-state index in [1.807, 2.05) is 32.3 Å². The molecule has 3 rings (SSSR count). The number of rotatable bonds is 4. The fourth-order valence-electron chi connectivity index (χ4n) is 4.43. The van der Waals surface area contributed by atoms with E-state index in [0.717, 1.165) is 51.6 Å². The van der Waals surface area contributed by atoms with Gasteiger partial charge >= 0.3 is 6.09 Å². The second kappa shape index (κ2) is 9.45. The molecule has 6 nitrogen and oxygen atoms in total. The van der Waals surface area contributed by atoms with Crippen molar-refractivity contribution in [2.45, 2.75) is 70.8 Å². The highest BCUT2D eigenvalue weighted by Crippen LogP contribution is 2.34. The third-order valence-electron chi connectivity index (χ3n) is 6.04. The molecule has 1 aliphatic carbocycles. The van der Waals surface area contributed by atoms with E-state index in [1.165, 1.54) is 5.01 Å². The molecule has 29 heavy (non-hydrogen) atoms. The Hall–Kier alpha value is -1.63. The van der Waals surface area contributed by atoms with Gasteiger partial charge in [-0.15, -0.1) is 11.3 Å². The van der Waals surface area contributed by atoms with E-state index < -0.39 is 5.60 Å². The molecule has 2 aliphatic rings. The first kappa shape index (κ1) is 22.1. The number of hydrogen-bond donors (Lipinski definition) is 0. The Balaban J connectivity index is 1.40. The first-order valence-corrected chi connectivity index (χ1v) is 11.7. The molecule has 2 heterocycles. The maximum atomic E-state index is 13.0. The maximum absolute atomic E-state index is 13.0. The van der Waals surface area contributed by atoms with Gasteiger partial charge < -0.3 is 14.5 Å². The highest BCUT2D eigenvalue weighted by Gasteiger charge is 2.33. The summed E-state index contributed by atoms with van der Waals surface area (Å²) in [5.74, 6) is 1.45. The van der Waals surface area contributed by atoms with Gasteiger partial charge in [0.15, 0.2) is 0 Å². The van der Waals surface area contributed by atoms with Crippen molar-refractivity contribution >= 4 is 23.3 Å². The Morgan fingerprint density at radius 1 is 1.17 bits per heavy atom. The summed E-state index contributed by atoms with van der Waals surface area (Å²) in [5, 5.41) is 3.25. The van der Waals surface area contributed by atoms with Crippen LogP contribution in [0.1, 0.15) is 70.2 Å². The van der Waals surface area contributed by atoms with Gasteiger partial charge in [-0.05, 0) is 65.2 Å². The quantitative estimate of drug-likeness (QED) is 0.717. The number of nitrogens with zero attached hydrogens (tertiary/aromatic N) is 3. The van der Waals surface area contributed by atoms with Crippen molar-refractivity contribution in [1.29, 1.82) is 0 Å². The molecule has 1 aromatic heterocycles. The van der Waals surface area contributed by atoms with Crippen molar-refractivity contribution < 1.29 is 14.3 Å². The Labute approximate surface area is 178 Å². The maximum Gasteiger partial charge on any atom is 0.410 e. The number of ether oxygens (including phenoxy) is 1. The monoisotopic (exact) mass is 421 g/mol. The molecule has 2 amide bonds. The highest BCUT2D eigenvalue weighted by molar-refractivity contribution is 7.09. The first-order valence-electron chi connectivity index (χ1n) is 10.8. The third kappa shape index (κ3) is 6.17. The SMILES string of the molecule is CN(CC1CCC(C(=O)N2CCC(c3nccs3)CC2)CC1)C(=O)OC(C)(C)C. The van der Waals surface area contributed by atoms with Gasteiger partial charge in [0.2, 0.25) is 5.91 Å². The molecule has 0 aromatic carbocycles. The second-order valence-electron chi connectivity index (χ2n) is 9.55. The summed E-state index contributed by atoms with van der Waals surface area (Å²) in [6.07, 6.45) is 7.51. The number of carbonyl (C=O) groups is 2. The molecule has 0 bridgehead atoms. The molecule has 0 atom stereocenters. The van der Waals surface area contributed by atoms with E-state index in [2.05, 4.69) is 9.88 Å². The molecule has 162 valence electrons. The van der Waals surface area contributed by atoms with E-state index in [1.54, 1.807) is 23.3 Å². The number of aromatic nitrogens is 1. The van der Waals surface area contributed by atoms with Crippen molar-refractivity contribution in [3.05, 3.63) is 16.6 Å². The van der Waals surface area contributed by atoms with Crippen LogP contribution in [-0.4, -0.2) is 59.1 Å². The Bertz CT molecular complexity index is 670. The molecule has 0 N–H and O–H groups in total. The number of likely N-dealkylation sites (tertiary alicyclic amines) is 1. The molecule has 2 fully saturated rings. The Morgan fingerprint density at radius 3 is 2.38 bits per heavy atom. The zero-order valence-corrected chi connectivity index (χ0v) is 19.0. The van der Waals surface area contributed by atoms with Crippen LogP contribution >= 0.6 is 11.3 Å². The molecule has 0 radical (unpaired) electrons. The topological polar surface area (TPSA) is 62.7 Å². The summed E-state index contributed by atoms with van der Waals surface area (Å²) in [7, 11) is 1.80. The van der Waals surface area contributed by atoms with Gasteiger partial charge in [-0.3, -0.25) is 4.79 Å². The molecule has 0 spiro atoms. The lowest BCUT2D eigenvalue weighted by Crippen LogP contribution is -2.43.